The van der Waals surface area contributed by atoms with Gasteiger partial charge < -0.3 is 9.51 Å². The average Bonchev–Trinajstić information content (AvgIpc) is 2.95. The molecule has 0 aliphatic rings. The van der Waals surface area contributed by atoms with Crippen LogP contribution in [-0.4, -0.2) is 24.3 Å². The van der Waals surface area contributed by atoms with Gasteiger partial charge in [0.1, 0.15) is 11.8 Å². The number of pyridine rings is 1. The normalized spacial score (nSPS) is 13.0. The molecule has 1 unspecified atom stereocenters. The molecule has 3 heterocycles. The minimum Gasteiger partial charge on any atom is -0.386 e. The SMILES string of the molecule is Cc1nn(C)c(CC(O)c2cn3ccccc3n2)c1Cl. The van der Waals surface area contributed by atoms with Crippen molar-refractivity contribution in [1.29, 1.82) is 0 Å². The Labute approximate surface area is 121 Å². The number of hydrogen-bond acceptors (Lipinski definition) is 3. The average molecular weight is 291 g/mol. The molecule has 0 aliphatic carbocycles. The highest BCUT2D eigenvalue weighted by Gasteiger charge is 2.18. The van der Waals surface area contributed by atoms with Crippen LogP contribution >= 0.6 is 11.6 Å². The van der Waals surface area contributed by atoms with Gasteiger partial charge in [-0.25, -0.2) is 4.98 Å². The van der Waals surface area contributed by atoms with Crippen LogP contribution in [0.5, 0.6) is 0 Å². The van der Waals surface area contributed by atoms with E-state index in [0.717, 1.165) is 17.0 Å². The molecule has 0 aliphatic heterocycles. The number of rotatable bonds is 3. The van der Waals surface area contributed by atoms with Gasteiger partial charge in [-0.3, -0.25) is 4.68 Å². The Kier molecular flexibility index (Phi) is 3.23. The molecule has 0 fully saturated rings. The molecule has 0 radical (unpaired) electrons. The lowest BCUT2D eigenvalue weighted by Gasteiger charge is -2.08. The first-order valence-electron chi connectivity index (χ1n) is 6.36. The summed E-state index contributed by atoms with van der Waals surface area (Å²) in [4.78, 5) is 4.42. The molecule has 0 saturated carbocycles. The van der Waals surface area contributed by atoms with E-state index < -0.39 is 6.10 Å². The van der Waals surface area contributed by atoms with Gasteiger partial charge in [-0.2, -0.15) is 5.10 Å². The quantitative estimate of drug-likeness (QED) is 0.805. The predicted molar refractivity (Wildman–Crippen MR) is 76.8 cm³/mol. The summed E-state index contributed by atoms with van der Waals surface area (Å²) in [6.07, 6.45) is 3.42. The molecule has 3 aromatic heterocycles. The van der Waals surface area contributed by atoms with Crippen molar-refractivity contribution in [3.8, 4) is 0 Å². The van der Waals surface area contributed by atoms with Crippen molar-refractivity contribution in [3.05, 3.63) is 52.7 Å². The van der Waals surface area contributed by atoms with Crippen molar-refractivity contribution in [2.45, 2.75) is 19.4 Å². The molecule has 0 aromatic carbocycles. The molecule has 6 heteroatoms. The van der Waals surface area contributed by atoms with Crippen LogP contribution in [0.1, 0.15) is 23.2 Å². The standard InChI is InChI=1S/C14H15ClN4O/c1-9-14(15)11(18(2)17-9)7-12(20)10-8-19-6-4-3-5-13(19)16-10/h3-6,8,12,20H,7H2,1-2H3. The van der Waals surface area contributed by atoms with Gasteiger partial charge in [0, 0.05) is 25.9 Å². The van der Waals surface area contributed by atoms with E-state index in [2.05, 4.69) is 10.1 Å². The zero-order valence-electron chi connectivity index (χ0n) is 11.3. The van der Waals surface area contributed by atoms with Gasteiger partial charge in [0.2, 0.25) is 0 Å². The molecule has 0 saturated heterocycles. The van der Waals surface area contributed by atoms with Crippen molar-refractivity contribution in [2.24, 2.45) is 7.05 Å². The number of nitrogens with zero attached hydrogens (tertiary/aromatic N) is 4. The molecule has 1 N–H and O–H groups in total. The monoisotopic (exact) mass is 290 g/mol. The van der Waals surface area contributed by atoms with E-state index in [-0.39, 0.29) is 0 Å². The largest absolute Gasteiger partial charge is 0.386 e. The van der Waals surface area contributed by atoms with Crippen molar-refractivity contribution < 1.29 is 5.11 Å². The lowest BCUT2D eigenvalue weighted by Crippen LogP contribution is -2.07. The number of aromatic nitrogens is 4. The number of aliphatic hydroxyl groups excluding tert-OH is 1. The van der Waals surface area contributed by atoms with E-state index in [0.29, 0.717) is 17.1 Å². The maximum atomic E-state index is 10.4. The third-order valence-corrected chi connectivity index (χ3v) is 3.86. The molecule has 1 atom stereocenters. The van der Waals surface area contributed by atoms with E-state index in [1.807, 2.05) is 49.0 Å². The number of aryl methyl sites for hydroxylation is 2. The van der Waals surface area contributed by atoms with Crippen molar-refractivity contribution in [1.82, 2.24) is 19.2 Å². The highest BCUT2D eigenvalue weighted by Crippen LogP contribution is 2.25. The first kappa shape index (κ1) is 13.1. The summed E-state index contributed by atoms with van der Waals surface area (Å²) in [7, 11) is 1.82. The van der Waals surface area contributed by atoms with Gasteiger partial charge >= 0.3 is 0 Å². The smallest absolute Gasteiger partial charge is 0.137 e. The fourth-order valence-electron chi connectivity index (χ4n) is 2.30. The van der Waals surface area contributed by atoms with E-state index in [4.69, 9.17) is 11.6 Å². The summed E-state index contributed by atoms with van der Waals surface area (Å²) < 4.78 is 3.59. The Bertz CT molecular complexity index is 729. The third-order valence-electron chi connectivity index (χ3n) is 3.37. The number of imidazole rings is 1. The molecule has 3 aromatic rings. The number of hydrogen-bond donors (Lipinski definition) is 1. The molecule has 0 amide bonds. The van der Waals surface area contributed by atoms with Gasteiger partial charge in [0.05, 0.1) is 22.1 Å². The molecular formula is C14H15ClN4O. The van der Waals surface area contributed by atoms with Crippen LogP contribution in [0.25, 0.3) is 5.65 Å². The Hall–Kier alpha value is -1.85. The van der Waals surface area contributed by atoms with E-state index >= 15 is 0 Å². The first-order valence-corrected chi connectivity index (χ1v) is 6.73. The maximum absolute atomic E-state index is 10.4. The Morgan fingerprint density at radius 3 is 2.85 bits per heavy atom. The fourth-order valence-corrected chi connectivity index (χ4v) is 2.54. The molecule has 5 nitrogen and oxygen atoms in total. The van der Waals surface area contributed by atoms with Gasteiger partial charge in [0.25, 0.3) is 0 Å². The second kappa shape index (κ2) is 4.92. The zero-order valence-corrected chi connectivity index (χ0v) is 12.0. The number of aliphatic hydroxyl groups is 1. The molecule has 20 heavy (non-hydrogen) atoms. The van der Waals surface area contributed by atoms with Crippen LogP contribution in [0.2, 0.25) is 5.02 Å². The van der Waals surface area contributed by atoms with Crippen LogP contribution in [0.3, 0.4) is 0 Å². The van der Waals surface area contributed by atoms with Crippen LogP contribution in [0.4, 0.5) is 0 Å². The summed E-state index contributed by atoms with van der Waals surface area (Å²) in [6.45, 7) is 1.85. The van der Waals surface area contributed by atoms with E-state index in [1.54, 1.807) is 4.68 Å². The third kappa shape index (κ3) is 2.19. The topological polar surface area (TPSA) is 55.3 Å². The Morgan fingerprint density at radius 2 is 2.20 bits per heavy atom. The van der Waals surface area contributed by atoms with Crippen molar-refractivity contribution in [3.63, 3.8) is 0 Å². The minimum atomic E-state index is -0.706. The van der Waals surface area contributed by atoms with E-state index in [9.17, 15) is 5.11 Å². The molecular weight excluding hydrogens is 276 g/mol. The Morgan fingerprint density at radius 1 is 1.40 bits per heavy atom. The van der Waals surface area contributed by atoms with Crippen molar-refractivity contribution >= 4 is 17.2 Å². The molecule has 3 rings (SSSR count). The molecule has 104 valence electrons. The fraction of sp³-hybridized carbons (Fsp3) is 0.286. The minimum absolute atomic E-state index is 0.389. The second-order valence-corrected chi connectivity index (χ2v) is 5.20. The Balaban J connectivity index is 1.90. The van der Waals surface area contributed by atoms with Gasteiger partial charge in [-0.1, -0.05) is 17.7 Å². The van der Waals surface area contributed by atoms with Crippen LogP contribution in [-0.2, 0) is 13.5 Å². The zero-order chi connectivity index (χ0) is 14.3. The lowest BCUT2D eigenvalue weighted by molar-refractivity contribution is 0.171. The predicted octanol–water partition coefficient (Wildman–Crippen LogP) is 2.31. The number of fused-ring (bicyclic) bond motifs is 1. The highest BCUT2D eigenvalue weighted by atomic mass is 35.5. The number of halogens is 1. The maximum Gasteiger partial charge on any atom is 0.137 e. The van der Waals surface area contributed by atoms with Gasteiger partial charge in [0.15, 0.2) is 0 Å². The molecule has 0 spiro atoms. The van der Waals surface area contributed by atoms with Crippen LogP contribution < -0.4 is 0 Å². The second-order valence-electron chi connectivity index (χ2n) is 4.82. The van der Waals surface area contributed by atoms with Gasteiger partial charge in [-0.15, -0.1) is 0 Å². The van der Waals surface area contributed by atoms with Crippen LogP contribution in [0, 0.1) is 6.92 Å². The summed E-state index contributed by atoms with van der Waals surface area (Å²) in [5, 5.41) is 15.2. The summed E-state index contributed by atoms with van der Waals surface area (Å²) in [5.41, 5.74) is 3.03. The highest BCUT2D eigenvalue weighted by molar-refractivity contribution is 6.31. The summed E-state index contributed by atoms with van der Waals surface area (Å²) >= 11 is 6.20. The van der Waals surface area contributed by atoms with Gasteiger partial charge in [-0.05, 0) is 19.1 Å². The van der Waals surface area contributed by atoms with Crippen molar-refractivity contribution in [2.75, 3.05) is 0 Å². The van der Waals surface area contributed by atoms with E-state index in [1.165, 1.54) is 0 Å². The summed E-state index contributed by atoms with van der Waals surface area (Å²) in [5.74, 6) is 0. The molecule has 0 bridgehead atoms. The lowest BCUT2D eigenvalue weighted by atomic mass is 10.1. The first-order chi connectivity index (χ1) is 9.56. The summed E-state index contributed by atoms with van der Waals surface area (Å²) in [6, 6.07) is 5.74. The van der Waals surface area contributed by atoms with Crippen LogP contribution in [0.15, 0.2) is 30.6 Å².